The zero-order chi connectivity index (χ0) is 25.9. The number of esters is 1. The summed E-state index contributed by atoms with van der Waals surface area (Å²) in [6, 6.07) is 7.26. The van der Waals surface area contributed by atoms with Gasteiger partial charge in [0.1, 0.15) is 11.9 Å². The number of ether oxygens (including phenoxy) is 1. The maximum absolute atomic E-state index is 12.4. The summed E-state index contributed by atoms with van der Waals surface area (Å²) >= 11 is 0. The van der Waals surface area contributed by atoms with Crippen LogP contribution < -0.4 is 10.9 Å². The first kappa shape index (κ1) is 27.1. The molecule has 4 unspecified atom stereocenters. The van der Waals surface area contributed by atoms with Crippen LogP contribution in [0.4, 0.5) is 0 Å². The number of imidazole rings is 1. The molecule has 0 fully saturated rings. The van der Waals surface area contributed by atoms with Crippen molar-refractivity contribution in [2.45, 2.75) is 59.4 Å². The van der Waals surface area contributed by atoms with E-state index >= 15 is 0 Å². The number of aromatic nitrogens is 3. The van der Waals surface area contributed by atoms with E-state index in [4.69, 9.17) is 9.72 Å². The van der Waals surface area contributed by atoms with Crippen molar-refractivity contribution in [2.75, 3.05) is 12.8 Å². The first-order chi connectivity index (χ1) is 16.5. The van der Waals surface area contributed by atoms with E-state index in [-0.39, 0.29) is 17.5 Å². The Labute approximate surface area is 208 Å². The van der Waals surface area contributed by atoms with Gasteiger partial charge in [0.25, 0.3) is 5.56 Å². The average molecular weight is 501 g/mol. The highest BCUT2D eigenvalue weighted by Crippen LogP contribution is 2.30. The molecule has 8 nitrogen and oxygen atoms in total. The highest BCUT2D eigenvalue weighted by atomic mass is 31.0. The number of aliphatic hydroxyl groups excluding tert-OH is 1. The van der Waals surface area contributed by atoms with Gasteiger partial charge >= 0.3 is 5.97 Å². The Hall–Kier alpha value is -2.54. The molecule has 2 aromatic heterocycles. The van der Waals surface area contributed by atoms with Crippen LogP contribution in [0.25, 0.3) is 22.4 Å². The molecule has 0 saturated carbocycles. The zero-order valence-electron chi connectivity index (χ0n) is 21.4. The van der Waals surface area contributed by atoms with Crippen molar-refractivity contribution in [1.29, 1.82) is 0 Å². The molecular weight excluding hydrogens is 463 g/mol. The zero-order valence-corrected chi connectivity index (χ0v) is 22.6. The van der Waals surface area contributed by atoms with E-state index in [1.54, 1.807) is 18.5 Å². The number of carbonyl (C=O) groups is 1. The van der Waals surface area contributed by atoms with Gasteiger partial charge in [-0.25, -0.2) is 4.98 Å². The Balaban J connectivity index is 1.94. The fraction of sp³-hybridized carbons (Fsp3) is 0.500. The van der Waals surface area contributed by atoms with E-state index < -0.39 is 18.1 Å². The number of benzene rings is 1. The van der Waals surface area contributed by atoms with Gasteiger partial charge in [-0.15, -0.1) is 9.24 Å². The lowest BCUT2D eigenvalue weighted by molar-refractivity contribution is -0.150. The molecule has 0 spiro atoms. The number of hydrogen-bond donors (Lipinski definition) is 2. The van der Waals surface area contributed by atoms with Gasteiger partial charge in [0, 0.05) is 37.0 Å². The van der Waals surface area contributed by atoms with E-state index in [2.05, 4.69) is 26.0 Å². The smallest absolute Gasteiger partial charge is 0.325 e. The van der Waals surface area contributed by atoms with Crippen molar-refractivity contribution >= 4 is 26.2 Å². The standard InChI is InChI=1S/C26H37N4O4P/c1-15(2)13-34-26(33)23(18(5)31)27-11-19-7-8-22-21(10-19)28-24(30(22)17(4)14-35)20-9-16(3)25(32)29(6)12-20/h7-10,12,15,17-18,23,27,31H,11,13-14,35H2,1-6H3. The highest BCUT2D eigenvalue weighted by molar-refractivity contribution is 7.16. The highest BCUT2D eigenvalue weighted by Gasteiger charge is 2.25. The number of carbonyl (C=O) groups excluding carboxylic acids is 1. The van der Waals surface area contributed by atoms with Gasteiger partial charge < -0.3 is 19.0 Å². The van der Waals surface area contributed by atoms with Gasteiger partial charge in [-0.05, 0) is 56.6 Å². The lowest BCUT2D eigenvalue weighted by Gasteiger charge is -2.21. The number of aliphatic hydroxyl groups is 1. The number of fused-ring (bicyclic) bond motifs is 1. The molecule has 0 aliphatic carbocycles. The minimum atomic E-state index is -0.889. The first-order valence-corrected chi connectivity index (χ1v) is 12.8. The van der Waals surface area contributed by atoms with E-state index in [0.717, 1.165) is 34.1 Å². The lowest BCUT2D eigenvalue weighted by Crippen LogP contribution is -2.45. The maximum Gasteiger partial charge on any atom is 0.325 e. The van der Waals surface area contributed by atoms with Crippen molar-refractivity contribution in [2.24, 2.45) is 13.0 Å². The summed E-state index contributed by atoms with van der Waals surface area (Å²) in [5, 5.41) is 13.2. The second kappa shape index (κ2) is 11.5. The fourth-order valence-corrected chi connectivity index (χ4v) is 4.24. The van der Waals surface area contributed by atoms with Crippen molar-refractivity contribution in [3.8, 4) is 11.4 Å². The molecule has 3 aromatic rings. The van der Waals surface area contributed by atoms with Crippen molar-refractivity contribution < 1.29 is 14.6 Å². The van der Waals surface area contributed by atoms with Crippen molar-refractivity contribution in [3.05, 3.63) is 51.9 Å². The Bertz CT molecular complexity index is 1220. The van der Waals surface area contributed by atoms with Crippen LogP contribution in [0.5, 0.6) is 0 Å². The molecule has 0 saturated heterocycles. The van der Waals surface area contributed by atoms with Gasteiger partial charge in [-0.1, -0.05) is 19.9 Å². The van der Waals surface area contributed by atoms with Crippen molar-refractivity contribution in [3.63, 3.8) is 0 Å². The molecule has 0 radical (unpaired) electrons. The quantitative estimate of drug-likeness (QED) is 0.328. The predicted molar refractivity (Wildman–Crippen MR) is 143 cm³/mol. The second-order valence-corrected chi connectivity index (χ2v) is 10.1. The third-order valence-electron chi connectivity index (χ3n) is 5.98. The number of pyridine rings is 1. The number of nitrogens with zero attached hydrogens (tertiary/aromatic N) is 3. The summed E-state index contributed by atoms with van der Waals surface area (Å²) in [6.45, 7) is 10.1. The molecule has 0 amide bonds. The molecule has 4 atom stereocenters. The molecule has 190 valence electrons. The normalized spacial score (nSPS) is 14.3. The summed E-state index contributed by atoms with van der Waals surface area (Å²) in [5.41, 5.74) is 4.28. The van der Waals surface area contributed by atoms with Crippen molar-refractivity contribution in [1.82, 2.24) is 19.4 Å². The van der Waals surface area contributed by atoms with Crippen LogP contribution in [0.2, 0.25) is 0 Å². The molecule has 1 aromatic carbocycles. The predicted octanol–water partition coefficient (Wildman–Crippen LogP) is 3.18. The SMILES string of the molecule is Cc1cc(-c2nc3cc(CNC(C(=O)OCC(C)C)C(C)O)ccc3n2C(C)CP)cn(C)c1=O. The van der Waals surface area contributed by atoms with Gasteiger partial charge in [0.05, 0.1) is 23.7 Å². The van der Waals surface area contributed by atoms with Crippen LogP contribution in [0.3, 0.4) is 0 Å². The number of hydrogen-bond acceptors (Lipinski definition) is 6. The number of aryl methyl sites for hydroxylation is 2. The van der Waals surface area contributed by atoms with Crippen LogP contribution in [0, 0.1) is 12.8 Å². The monoisotopic (exact) mass is 500 g/mol. The molecule has 2 N–H and O–H groups in total. The summed E-state index contributed by atoms with van der Waals surface area (Å²) in [5.74, 6) is 0.568. The Morgan fingerprint density at radius 1 is 1.23 bits per heavy atom. The van der Waals surface area contributed by atoms with Gasteiger partial charge in [0.2, 0.25) is 0 Å². The molecule has 0 bridgehead atoms. The molecule has 9 heteroatoms. The van der Waals surface area contributed by atoms with Gasteiger partial charge in [-0.2, -0.15) is 0 Å². The second-order valence-electron chi connectivity index (χ2n) is 9.66. The Morgan fingerprint density at radius 3 is 2.54 bits per heavy atom. The third kappa shape index (κ3) is 6.18. The maximum atomic E-state index is 12.4. The summed E-state index contributed by atoms with van der Waals surface area (Å²) in [7, 11) is 4.53. The summed E-state index contributed by atoms with van der Waals surface area (Å²) in [4.78, 5) is 29.6. The fourth-order valence-electron chi connectivity index (χ4n) is 4.03. The van der Waals surface area contributed by atoms with Crippen LogP contribution >= 0.6 is 9.24 Å². The van der Waals surface area contributed by atoms with E-state index in [1.165, 1.54) is 0 Å². The third-order valence-corrected chi connectivity index (χ3v) is 6.66. The largest absolute Gasteiger partial charge is 0.464 e. The first-order valence-electron chi connectivity index (χ1n) is 12.0. The van der Waals surface area contributed by atoms with Crippen LogP contribution in [-0.2, 0) is 23.1 Å². The Kier molecular flexibility index (Phi) is 8.86. The molecule has 0 aliphatic heterocycles. The van der Waals surface area contributed by atoms with Gasteiger partial charge in [0.15, 0.2) is 0 Å². The van der Waals surface area contributed by atoms with E-state index in [9.17, 15) is 14.7 Å². The minimum absolute atomic E-state index is 0.0246. The molecular formula is C26H37N4O4P. The van der Waals surface area contributed by atoms with Crippen LogP contribution in [-0.4, -0.2) is 50.1 Å². The molecule has 3 rings (SSSR count). The van der Waals surface area contributed by atoms with Gasteiger partial charge in [-0.3, -0.25) is 14.9 Å². The number of nitrogens with one attached hydrogen (secondary N) is 1. The lowest BCUT2D eigenvalue weighted by atomic mass is 10.1. The average Bonchev–Trinajstić information content (AvgIpc) is 3.19. The molecule has 35 heavy (non-hydrogen) atoms. The topological polar surface area (TPSA) is 98.4 Å². The summed E-state index contributed by atoms with van der Waals surface area (Å²) < 4.78 is 9.10. The molecule has 2 heterocycles. The van der Waals surface area contributed by atoms with Crippen LogP contribution in [0.15, 0.2) is 35.3 Å². The minimum Gasteiger partial charge on any atom is -0.464 e. The molecule has 0 aliphatic rings. The Morgan fingerprint density at radius 2 is 1.94 bits per heavy atom. The van der Waals surface area contributed by atoms with Crippen LogP contribution in [0.1, 0.15) is 44.9 Å². The summed E-state index contributed by atoms with van der Waals surface area (Å²) in [6.07, 6.45) is 1.78. The number of rotatable bonds is 10. The van der Waals surface area contributed by atoms with E-state index in [1.807, 2.05) is 51.2 Å². The van der Waals surface area contributed by atoms with E-state index in [0.29, 0.717) is 18.7 Å².